The van der Waals surface area contributed by atoms with Gasteiger partial charge in [-0.05, 0) is 42.0 Å². The molecule has 0 fully saturated rings. The predicted octanol–water partition coefficient (Wildman–Crippen LogP) is 3.14. The van der Waals surface area contributed by atoms with E-state index in [4.69, 9.17) is 0 Å². The van der Waals surface area contributed by atoms with Crippen LogP contribution in [-0.4, -0.2) is 17.9 Å². The normalized spacial score (nSPS) is 10.5. The van der Waals surface area contributed by atoms with Gasteiger partial charge in [-0.3, -0.25) is 4.79 Å². The molecule has 106 valence electrons. The van der Waals surface area contributed by atoms with Crippen molar-refractivity contribution < 1.29 is 4.79 Å². The van der Waals surface area contributed by atoms with Crippen LogP contribution in [-0.2, 0) is 6.54 Å². The molecule has 0 unspecified atom stereocenters. The highest BCUT2D eigenvalue weighted by Gasteiger charge is 2.02. The van der Waals surface area contributed by atoms with Crippen LogP contribution in [0.4, 0.5) is 5.69 Å². The standard InChI is InChI=1S/C17H17N3O/c1-18-17(21)13-4-2-12(3-5-13)11-20-15-6-7-16-14(10-15)8-9-19-16/h2-10,19-20H,11H2,1H3,(H,18,21). The molecule has 21 heavy (non-hydrogen) atoms. The molecule has 2 aromatic carbocycles. The molecule has 4 heteroatoms. The highest BCUT2D eigenvalue weighted by molar-refractivity contribution is 5.93. The third-order valence-electron chi connectivity index (χ3n) is 3.49. The van der Waals surface area contributed by atoms with Crippen molar-refractivity contribution >= 4 is 22.5 Å². The number of aromatic nitrogens is 1. The maximum Gasteiger partial charge on any atom is 0.251 e. The van der Waals surface area contributed by atoms with Gasteiger partial charge in [-0.1, -0.05) is 12.1 Å². The lowest BCUT2D eigenvalue weighted by Gasteiger charge is -2.07. The maximum absolute atomic E-state index is 11.5. The largest absolute Gasteiger partial charge is 0.381 e. The number of nitrogens with one attached hydrogen (secondary N) is 3. The number of anilines is 1. The summed E-state index contributed by atoms with van der Waals surface area (Å²) in [5, 5.41) is 7.20. The molecule has 3 rings (SSSR count). The number of hydrogen-bond donors (Lipinski definition) is 3. The quantitative estimate of drug-likeness (QED) is 0.687. The van der Waals surface area contributed by atoms with Gasteiger partial charge in [0.15, 0.2) is 0 Å². The van der Waals surface area contributed by atoms with Gasteiger partial charge in [-0.25, -0.2) is 0 Å². The molecule has 0 aliphatic carbocycles. The summed E-state index contributed by atoms with van der Waals surface area (Å²) in [5.41, 5.74) is 4.03. The minimum absolute atomic E-state index is 0.0626. The lowest BCUT2D eigenvalue weighted by Crippen LogP contribution is -2.17. The third-order valence-corrected chi connectivity index (χ3v) is 3.49. The van der Waals surface area contributed by atoms with Crippen molar-refractivity contribution in [2.75, 3.05) is 12.4 Å². The molecular formula is C17H17N3O. The van der Waals surface area contributed by atoms with Crippen molar-refractivity contribution in [1.82, 2.24) is 10.3 Å². The first-order valence-electron chi connectivity index (χ1n) is 6.88. The van der Waals surface area contributed by atoms with E-state index in [-0.39, 0.29) is 5.91 Å². The molecule has 0 spiro atoms. The average molecular weight is 279 g/mol. The van der Waals surface area contributed by atoms with Crippen molar-refractivity contribution in [3.05, 3.63) is 65.9 Å². The molecule has 1 aromatic heterocycles. The number of H-pyrrole nitrogens is 1. The first kappa shape index (κ1) is 13.2. The fourth-order valence-electron chi connectivity index (χ4n) is 2.29. The zero-order valence-electron chi connectivity index (χ0n) is 11.8. The second kappa shape index (κ2) is 5.71. The van der Waals surface area contributed by atoms with E-state index >= 15 is 0 Å². The summed E-state index contributed by atoms with van der Waals surface area (Å²) >= 11 is 0. The van der Waals surface area contributed by atoms with Gasteiger partial charge in [0.25, 0.3) is 5.91 Å². The van der Waals surface area contributed by atoms with Gasteiger partial charge in [0.05, 0.1) is 0 Å². The summed E-state index contributed by atoms with van der Waals surface area (Å²) in [6.45, 7) is 0.726. The van der Waals surface area contributed by atoms with Crippen LogP contribution >= 0.6 is 0 Å². The molecule has 3 N–H and O–H groups in total. The Labute approximate surface area is 123 Å². The van der Waals surface area contributed by atoms with Gasteiger partial charge >= 0.3 is 0 Å². The molecule has 0 aliphatic rings. The second-order valence-electron chi connectivity index (χ2n) is 4.91. The number of fused-ring (bicyclic) bond motifs is 1. The van der Waals surface area contributed by atoms with Crippen molar-refractivity contribution in [3.8, 4) is 0 Å². The van der Waals surface area contributed by atoms with E-state index in [1.807, 2.05) is 30.5 Å². The number of carbonyl (C=O) groups excluding carboxylic acids is 1. The monoisotopic (exact) mass is 279 g/mol. The highest BCUT2D eigenvalue weighted by atomic mass is 16.1. The Kier molecular flexibility index (Phi) is 3.60. The number of amides is 1. The first-order valence-corrected chi connectivity index (χ1v) is 6.88. The van der Waals surface area contributed by atoms with Crippen LogP contribution in [0.2, 0.25) is 0 Å². The van der Waals surface area contributed by atoms with E-state index in [0.717, 1.165) is 23.3 Å². The lowest BCUT2D eigenvalue weighted by atomic mass is 10.1. The minimum atomic E-state index is -0.0626. The smallest absolute Gasteiger partial charge is 0.251 e. The number of benzene rings is 2. The number of carbonyl (C=O) groups is 1. The van der Waals surface area contributed by atoms with Gasteiger partial charge in [-0.2, -0.15) is 0 Å². The Morgan fingerprint density at radius 2 is 1.90 bits per heavy atom. The van der Waals surface area contributed by atoms with Crippen molar-refractivity contribution in [3.63, 3.8) is 0 Å². The van der Waals surface area contributed by atoms with E-state index in [9.17, 15) is 4.79 Å². The highest BCUT2D eigenvalue weighted by Crippen LogP contribution is 2.18. The van der Waals surface area contributed by atoms with Crippen molar-refractivity contribution in [2.45, 2.75) is 6.54 Å². The van der Waals surface area contributed by atoms with E-state index in [1.165, 1.54) is 5.39 Å². The molecule has 0 aliphatic heterocycles. The van der Waals surface area contributed by atoms with E-state index < -0.39 is 0 Å². The molecule has 0 atom stereocenters. The predicted molar refractivity (Wildman–Crippen MR) is 85.5 cm³/mol. The Morgan fingerprint density at radius 3 is 2.67 bits per heavy atom. The van der Waals surface area contributed by atoms with E-state index in [2.05, 4.69) is 39.9 Å². The van der Waals surface area contributed by atoms with Crippen molar-refractivity contribution in [2.24, 2.45) is 0 Å². The molecule has 1 amide bonds. The average Bonchev–Trinajstić information content (AvgIpc) is 3.00. The van der Waals surface area contributed by atoms with Crippen LogP contribution in [0.25, 0.3) is 10.9 Å². The molecule has 0 bridgehead atoms. The summed E-state index contributed by atoms with van der Waals surface area (Å²) in [6.07, 6.45) is 1.94. The van der Waals surface area contributed by atoms with Gasteiger partial charge in [0.2, 0.25) is 0 Å². The third kappa shape index (κ3) is 2.89. The molecule has 3 aromatic rings. The van der Waals surface area contributed by atoms with Crippen molar-refractivity contribution in [1.29, 1.82) is 0 Å². The maximum atomic E-state index is 11.5. The fourth-order valence-corrected chi connectivity index (χ4v) is 2.29. The second-order valence-corrected chi connectivity index (χ2v) is 4.91. The first-order chi connectivity index (χ1) is 10.3. The Morgan fingerprint density at radius 1 is 1.10 bits per heavy atom. The summed E-state index contributed by atoms with van der Waals surface area (Å²) in [7, 11) is 1.63. The van der Waals surface area contributed by atoms with Gasteiger partial charge in [0, 0.05) is 41.9 Å². The Balaban J connectivity index is 1.67. The van der Waals surface area contributed by atoms with Crippen LogP contribution in [0.1, 0.15) is 15.9 Å². The molecular weight excluding hydrogens is 262 g/mol. The van der Waals surface area contributed by atoms with E-state index in [0.29, 0.717) is 5.56 Å². The topological polar surface area (TPSA) is 56.9 Å². The Hall–Kier alpha value is -2.75. The van der Waals surface area contributed by atoms with E-state index in [1.54, 1.807) is 7.05 Å². The van der Waals surface area contributed by atoms with Crippen LogP contribution in [0.5, 0.6) is 0 Å². The van der Waals surface area contributed by atoms with Crippen LogP contribution < -0.4 is 10.6 Å². The van der Waals surface area contributed by atoms with Crippen LogP contribution in [0, 0.1) is 0 Å². The Bertz CT molecular complexity index is 759. The fraction of sp³-hybridized carbons (Fsp3) is 0.118. The van der Waals surface area contributed by atoms with Gasteiger partial charge in [0.1, 0.15) is 0 Å². The molecule has 0 radical (unpaired) electrons. The zero-order chi connectivity index (χ0) is 14.7. The summed E-state index contributed by atoms with van der Waals surface area (Å²) < 4.78 is 0. The number of hydrogen-bond acceptors (Lipinski definition) is 2. The van der Waals surface area contributed by atoms with Crippen LogP contribution in [0.3, 0.4) is 0 Å². The van der Waals surface area contributed by atoms with Gasteiger partial charge < -0.3 is 15.6 Å². The SMILES string of the molecule is CNC(=O)c1ccc(CNc2ccc3[nH]ccc3c2)cc1. The number of rotatable bonds is 4. The summed E-state index contributed by atoms with van der Waals surface area (Å²) in [5.74, 6) is -0.0626. The van der Waals surface area contributed by atoms with Gasteiger partial charge in [-0.15, -0.1) is 0 Å². The summed E-state index contributed by atoms with van der Waals surface area (Å²) in [6, 6.07) is 15.9. The summed E-state index contributed by atoms with van der Waals surface area (Å²) in [4.78, 5) is 14.7. The van der Waals surface area contributed by atoms with Crippen LogP contribution in [0.15, 0.2) is 54.7 Å². The molecule has 1 heterocycles. The molecule has 0 saturated heterocycles. The minimum Gasteiger partial charge on any atom is -0.381 e. The lowest BCUT2D eigenvalue weighted by molar-refractivity contribution is 0.0963. The molecule has 4 nitrogen and oxygen atoms in total. The zero-order valence-corrected chi connectivity index (χ0v) is 11.8. The number of aromatic amines is 1. The molecule has 0 saturated carbocycles.